The molecule has 6 heteroatoms. The van der Waals surface area contributed by atoms with Gasteiger partial charge >= 0.3 is 5.97 Å². The Morgan fingerprint density at radius 2 is 1.50 bits per heavy atom. The lowest BCUT2D eigenvalue weighted by atomic mass is 9.88. The van der Waals surface area contributed by atoms with Gasteiger partial charge in [0, 0.05) is 13.1 Å². The average molecular weight is 341 g/mol. The largest absolute Gasteiger partial charge is 0.479 e. The van der Waals surface area contributed by atoms with Crippen LogP contribution in [0, 0.1) is 5.92 Å². The predicted octanol–water partition coefficient (Wildman–Crippen LogP) is 2.45. The molecule has 0 aromatic rings. The summed E-state index contributed by atoms with van der Waals surface area (Å²) in [5.41, 5.74) is 0. The Hall–Kier alpha value is -1.14. The molecular formula is C18H31NO5. The molecule has 2 aliphatic rings. The molecule has 1 saturated heterocycles. The Kier molecular flexibility index (Phi) is 7.04. The zero-order valence-corrected chi connectivity index (χ0v) is 15.1. The number of amides is 1. The van der Waals surface area contributed by atoms with Crippen molar-refractivity contribution < 1.29 is 24.2 Å². The summed E-state index contributed by atoms with van der Waals surface area (Å²) in [6.45, 7) is 6.67. The lowest BCUT2D eigenvalue weighted by Gasteiger charge is -2.36. The summed E-state index contributed by atoms with van der Waals surface area (Å²) in [5, 5.41) is 8.86. The van der Waals surface area contributed by atoms with Crippen LogP contribution in [0.1, 0.15) is 59.3 Å². The maximum absolute atomic E-state index is 12.4. The molecule has 0 aromatic heterocycles. The first-order valence-corrected chi connectivity index (χ1v) is 9.19. The van der Waals surface area contributed by atoms with Crippen LogP contribution in [-0.4, -0.2) is 59.4 Å². The monoisotopic (exact) mass is 341 g/mol. The summed E-state index contributed by atoms with van der Waals surface area (Å²) in [6.07, 6.45) is 5.41. The quantitative estimate of drug-likeness (QED) is 0.803. The van der Waals surface area contributed by atoms with E-state index in [1.807, 2.05) is 0 Å². The molecule has 1 aliphatic heterocycles. The molecule has 0 radical (unpaired) electrons. The van der Waals surface area contributed by atoms with Crippen molar-refractivity contribution in [3.63, 3.8) is 0 Å². The molecule has 1 aliphatic carbocycles. The van der Waals surface area contributed by atoms with Crippen LogP contribution < -0.4 is 0 Å². The van der Waals surface area contributed by atoms with Gasteiger partial charge in [0.2, 0.25) is 0 Å². The summed E-state index contributed by atoms with van der Waals surface area (Å²) in [4.78, 5) is 24.9. The lowest BCUT2D eigenvalue weighted by molar-refractivity contribution is -0.160. The molecule has 1 saturated carbocycles. The lowest BCUT2D eigenvalue weighted by Crippen LogP contribution is -2.47. The summed E-state index contributed by atoms with van der Waals surface area (Å²) in [7, 11) is 0. The Balaban J connectivity index is 1.71. The Labute approximate surface area is 144 Å². The van der Waals surface area contributed by atoms with Crippen molar-refractivity contribution in [2.75, 3.05) is 13.1 Å². The third kappa shape index (κ3) is 5.45. The third-order valence-corrected chi connectivity index (χ3v) is 5.21. The molecule has 24 heavy (non-hydrogen) atoms. The van der Waals surface area contributed by atoms with Crippen LogP contribution in [0.5, 0.6) is 0 Å². The standard InChI is InChI=1S/C18H31NO5/c1-12-4-6-15(7-5-12)24-16-8-10-19(11-9-16)17(20)13(2)23-14(3)18(21)22/h12-16H,4-11H2,1-3H3,(H,21,22). The molecule has 2 rings (SSSR count). The number of carbonyl (C=O) groups is 2. The molecule has 0 aromatic carbocycles. The van der Waals surface area contributed by atoms with Crippen molar-refractivity contribution >= 4 is 11.9 Å². The number of ether oxygens (including phenoxy) is 2. The highest BCUT2D eigenvalue weighted by Crippen LogP contribution is 2.28. The smallest absolute Gasteiger partial charge is 0.332 e. The molecule has 2 unspecified atom stereocenters. The molecule has 6 nitrogen and oxygen atoms in total. The van der Waals surface area contributed by atoms with Crippen molar-refractivity contribution in [3.05, 3.63) is 0 Å². The van der Waals surface area contributed by atoms with Gasteiger partial charge in [-0.25, -0.2) is 4.79 Å². The van der Waals surface area contributed by atoms with Gasteiger partial charge in [0.25, 0.3) is 5.91 Å². The number of hydrogen-bond donors (Lipinski definition) is 1. The van der Waals surface area contributed by atoms with Crippen molar-refractivity contribution in [1.29, 1.82) is 0 Å². The number of nitrogens with zero attached hydrogens (tertiary/aromatic N) is 1. The van der Waals surface area contributed by atoms with E-state index < -0.39 is 18.2 Å². The van der Waals surface area contributed by atoms with E-state index in [0.717, 1.165) is 31.6 Å². The van der Waals surface area contributed by atoms with Crippen molar-refractivity contribution in [3.8, 4) is 0 Å². The fourth-order valence-electron chi connectivity index (χ4n) is 3.53. The molecule has 138 valence electrons. The maximum Gasteiger partial charge on any atom is 0.332 e. The molecule has 2 atom stereocenters. The SMILES string of the molecule is CC1CCC(OC2CCN(C(=O)C(C)OC(C)C(=O)O)CC2)CC1. The molecule has 1 heterocycles. The second-order valence-corrected chi connectivity index (χ2v) is 7.30. The highest BCUT2D eigenvalue weighted by molar-refractivity contribution is 5.81. The van der Waals surface area contributed by atoms with Crippen LogP contribution in [-0.2, 0) is 19.1 Å². The Morgan fingerprint density at radius 3 is 2.04 bits per heavy atom. The van der Waals surface area contributed by atoms with E-state index in [9.17, 15) is 9.59 Å². The average Bonchev–Trinajstić information content (AvgIpc) is 2.56. The van der Waals surface area contributed by atoms with Crippen molar-refractivity contribution in [2.24, 2.45) is 5.92 Å². The Morgan fingerprint density at radius 1 is 0.958 bits per heavy atom. The minimum atomic E-state index is -1.05. The number of piperidine rings is 1. The topological polar surface area (TPSA) is 76.1 Å². The van der Waals surface area contributed by atoms with Gasteiger partial charge in [0.1, 0.15) is 6.10 Å². The summed E-state index contributed by atoms with van der Waals surface area (Å²) in [6, 6.07) is 0. The van der Waals surface area contributed by atoms with Crippen LogP contribution in [0.15, 0.2) is 0 Å². The van der Waals surface area contributed by atoms with Gasteiger partial charge in [0.05, 0.1) is 12.2 Å². The van der Waals surface area contributed by atoms with Gasteiger partial charge in [0.15, 0.2) is 6.10 Å². The minimum Gasteiger partial charge on any atom is -0.479 e. The second kappa shape index (κ2) is 8.81. The fraction of sp³-hybridized carbons (Fsp3) is 0.889. The zero-order chi connectivity index (χ0) is 17.7. The first kappa shape index (κ1) is 19.2. The van der Waals surface area contributed by atoms with Gasteiger partial charge in [-0.15, -0.1) is 0 Å². The van der Waals surface area contributed by atoms with Crippen molar-refractivity contribution in [1.82, 2.24) is 4.90 Å². The van der Waals surface area contributed by atoms with Crippen LogP contribution in [0.4, 0.5) is 0 Å². The van der Waals surface area contributed by atoms with E-state index >= 15 is 0 Å². The molecule has 2 fully saturated rings. The highest BCUT2D eigenvalue weighted by Gasteiger charge is 2.30. The van der Waals surface area contributed by atoms with Crippen molar-refractivity contribution in [2.45, 2.75) is 83.7 Å². The minimum absolute atomic E-state index is 0.131. The number of carboxylic acid groups (broad SMARTS) is 1. The van der Waals surface area contributed by atoms with E-state index in [1.165, 1.54) is 19.8 Å². The van der Waals surface area contributed by atoms with Crippen LogP contribution in [0.2, 0.25) is 0 Å². The van der Waals surface area contributed by atoms with E-state index in [4.69, 9.17) is 14.6 Å². The number of carboxylic acids is 1. The van der Waals surface area contributed by atoms with Gasteiger partial charge in [-0.2, -0.15) is 0 Å². The van der Waals surface area contributed by atoms with Gasteiger partial charge in [-0.1, -0.05) is 6.92 Å². The fourth-order valence-corrected chi connectivity index (χ4v) is 3.53. The van der Waals surface area contributed by atoms with Crippen LogP contribution >= 0.6 is 0 Å². The van der Waals surface area contributed by atoms with E-state index in [2.05, 4.69) is 6.92 Å². The zero-order valence-electron chi connectivity index (χ0n) is 15.1. The molecule has 0 bridgehead atoms. The first-order valence-electron chi connectivity index (χ1n) is 9.19. The second-order valence-electron chi connectivity index (χ2n) is 7.30. The Bertz CT molecular complexity index is 425. The number of carbonyl (C=O) groups excluding carboxylic acids is 1. The highest BCUT2D eigenvalue weighted by atomic mass is 16.5. The summed E-state index contributed by atoms with van der Waals surface area (Å²) < 4.78 is 11.5. The van der Waals surface area contributed by atoms with Gasteiger partial charge in [-0.05, 0) is 58.3 Å². The van der Waals surface area contributed by atoms with Crippen LogP contribution in [0.3, 0.4) is 0 Å². The molecule has 0 spiro atoms. The molecule has 1 amide bonds. The number of hydrogen-bond acceptors (Lipinski definition) is 4. The van der Waals surface area contributed by atoms with Crippen LogP contribution in [0.25, 0.3) is 0 Å². The van der Waals surface area contributed by atoms with E-state index in [1.54, 1.807) is 11.8 Å². The molecular weight excluding hydrogens is 310 g/mol. The predicted molar refractivity (Wildman–Crippen MR) is 89.8 cm³/mol. The maximum atomic E-state index is 12.4. The number of aliphatic carboxylic acids is 1. The summed E-state index contributed by atoms with van der Waals surface area (Å²) in [5.74, 6) is -0.365. The first-order chi connectivity index (χ1) is 11.4. The van der Waals surface area contributed by atoms with Gasteiger partial charge < -0.3 is 19.5 Å². The normalized spacial score (nSPS) is 28.4. The molecule has 1 N–H and O–H groups in total. The third-order valence-electron chi connectivity index (χ3n) is 5.21. The number of rotatable bonds is 6. The van der Waals surface area contributed by atoms with E-state index in [-0.39, 0.29) is 12.0 Å². The number of likely N-dealkylation sites (tertiary alicyclic amines) is 1. The van der Waals surface area contributed by atoms with Gasteiger partial charge in [-0.3, -0.25) is 4.79 Å². The van der Waals surface area contributed by atoms with E-state index in [0.29, 0.717) is 19.2 Å². The summed E-state index contributed by atoms with van der Waals surface area (Å²) >= 11 is 0.